The number of piperidine rings is 1. The number of rotatable bonds is 4. The fraction of sp³-hybridized carbons (Fsp3) is 0.571. The van der Waals surface area contributed by atoms with Gasteiger partial charge in [0.05, 0.1) is 18.4 Å². The van der Waals surface area contributed by atoms with Crippen molar-refractivity contribution in [3.05, 3.63) is 18.3 Å². The molecule has 0 aliphatic carbocycles. The Hall–Kier alpha value is -0.790. The Kier molecular flexibility index (Phi) is 12.4. The van der Waals surface area contributed by atoms with E-state index in [9.17, 15) is 4.79 Å². The summed E-state index contributed by atoms with van der Waals surface area (Å²) in [5.41, 5.74) is 6.36. The normalized spacial score (nSPS) is 14.3. The summed E-state index contributed by atoms with van der Waals surface area (Å²) in [7, 11) is 4.27. The first-order chi connectivity index (χ1) is 9.60. The fourth-order valence-electron chi connectivity index (χ4n) is 2.48. The predicted octanol–water partition coefficient (Wildman–Crippen LogP) is 1.77. The molecule has 2 rings (SSSR count). The number of pyridine rings is 1. The van der Waals surface area contributed by atoms with E-state index in [-0.39, 0.29) is 49.7 Å². The molecule has 1 amide bonds. The maximum Gasteiger partial charge on any atom is 0.239 e. The standard InChI is InChI=1S/C14H23N5O.3ClH/c1-18(2)11-5-7-19(8-6-11)12-3-4-13(16-10-12)17-14(20)9-15;;;/h3-4,10-11H,5-9,15H2,1-2H3,(H,16,17,20);3*1H. The molecule has 1 aliphatic rings. The molecule has 1 aromatic heterocycles. The fourth-order valence-corrected chi connectivity index (χ4v) is 2.48. The number of nitrogens with one attached hydrogen (secondary N) is 1. The number of aromatic nitrogens is 1. The molecule has 9 heteroatoms. The molecule has 1 saturated heterocycles. The van der Waals surface area contributed by atoms with Crippen LogP contribution < -0.4 is 16.0 Å². The molecular formula is C14H26Cl3N5O. The molecule has 3 N–H and O–H groups in total. The zero-order valence-electron chi connectivity index (χ0n) is 13.4. The SMILES string of the molecule is CN(C)C1CCN(c2ccc(NC(=O)CN)nc2)CC1.Cl.Cl.Cl. The Morgan fingerprint density at radius 1 is 1.30 bits per heavy atom. The Balaban J connectivity index is 0. The first-order valence-electron chi connectivity index (χ1n) is 6.97. The van der Waals surface area contributed by atoms with Gasteiger partial charge < -0.3 is 20.9 Å². The van der Waals surface area contributed by atoms with E-state index in [1.54, 1.807) is 0 Å². The molecular weight excluding hydrogens is 361 g/mol. The first-order valence-corrected chi connectivity index (χ1v) is 6.97. The molecule has 0 saturated carbocycles. The van der Waals surface area contributed by atoms with Gasteiger partial charge in [-0.05, 0) is 39.1 Å². The second-order valence-corrected chi connectivity index (χ2v) is 5.34. The third-order valence-corrected chi connectivity index (χ3v) is 3.76. The summed E-state index contributed by atoms with van der Waals surface area (Å²) in [6.45, 7) is 2.06. The summed E-state index contributed by atoms with van der Waals surface area (Å²) in [4.78, 5) is 20.1. The topological polar surface area (TPSA) is 74.5 Å². The van der Waals surface area contributed by atoms with Crippen LogP contribution in [-0.4, -0.2) is 55.6 Å². The second kappa shape index (κ2) is 11.7. The largest absolute Gasteiger partial charge is 0.370 e. The Labute approximate surface area is 156 Å². The molecule has 0 aromatic carbocycles. The summed E-state index contributed by atoms with van der Waals surface area (Å²) in [6.07, 6.45) is 4.14. The van der Waals surface area contributed by atoms with Crippen LogP contribution in [0.2, 0.25) is 0 Å². The van der Waals surface area contributed by atoms with Gasteiger partial charge in [0.1, 0.15) is 5.82 Å². The molecule has 0 spiro atoms. The van der Waals surface area contributed by atoms with E-state index in [2.05, 4.69) is 34.2 Å². The van der Waals surface area contributed by atoms with Crippen molar-refractivity contribution in [1.29, 1.82) is 0 Å². The van der Waals surface area contributed by atoms with Crippen molar-refractivity contribution in [3.63, 3.8) is 0 Å². The van der Waals surface area contributed by atoms with Crippen LogP contribution >= 0.6 is 37.2 Å². The molecule has 0 radical (unpaired) electrons. The van der Waals surface area contributed by atoms with Gasteiger partial charge in [-0.25, -0.2) is 4.98 Å². The van der Waals surface area contributed by atoms with Crippen molar-refractivity contribution in [2.45, 2.75) is 18.9 Å². The summed E-state index contributed by atoms with van der Waals surface area (Å²) in [6, 6.07) is 4.48. The zero-order chi connectivity index (χ0) is 14.5. The van der Waals surface area contributed by atoms with Crippen molar-refractivity contribution in [2.75, 3.05) is 43.9 Å². The molecule has 23 heavy (non-hydrogen) atoms. The quantitative estimate of drug-likeness (QED) is 0.825. The molecule has 134 valence electrons. The maximum atomic E-state index is 11.2. The second-order valence-electron chi connectivity index (χ2n) is 5.34. The molecule has 2 heterocycles. The van der Waals surface area contributed by atoms with E-state index >= 15 is 0 Å². The number of hydrogen-bond donors (Lipinski definition) is 2. The van der Waals surface area contributed by atoms with E-state index < -0.39 is 0 Å². The van der Waals surface area contributed by atoms with E-state index in [0.29, 0.717) is 11.9 Å². The van der Waals surface area contributed by atoms with Gasteiger partial charge in [-0.3, -0.25) is 4.79 Å². The average molecular weight is 387 g/mol. The number of nitrogens with two attached hydrogens (primary N) is 1. The molecule has 0 bridgehead atoms. The Morgan fingerprint density at radius 3 is 2.35 bits per heavy atom. The van der Waals surface area contributed by atoms with Gasteiger partial charge in [0.2, 0.25) is 5.91 Å². The van der Waals surface area contributed by atoms with Crippen LogP contribution in [-0.2, 0) is 4.79 Å². The van der Waals surface area contributed by atoms with Crippen molar-refractivity contribution < 1.29 is 4.79 Å². The third kappa shape index (κ3) is 7.10. The lowest BCUT2D eigenvalue weighted by Crippen LogP contribution is -2.42. The summed E-state index contributed by atoms with van der Waals surface area (Å²) < 4.78 is 0. The lowest BCUT2D eigenvalue weighted by Gasteiger charge is -2.36. The van der Waals surface area contributed by atoms with E-state index in [1.165, 1.54) is 12.8 Å². The van der Waals surface area contributed by atoms with Gasteiger partial charge >= 0.3 is 0 Å². The lowest BCUT2D eigenvalue weighted by atomic mass is 10.0. The molecule has 1 aliphatic heterocycles. The van der Waals surface area contributed by atoms with Gasteiger partial charge in [-0.2, -0.15) is 0 Å². The number of carbonyl (C=O) groups is 1. The number of amides is 1. The smallest absolute Gasteiger partial charge is 0.239 e. The predicted molar refractivity (Wildman–Crippen MR) is 103 cm³/mol. The number of nitrogens with zero attached hydrogens (tertiary/aromatic N) is 3. The highest BCUT2D eigenvalue weighted by molar-refractivity contribution is 5.91. The van der Waals surface area contributed by atoms with Gasteiger partial charge in [0.25, 0.3) is 0 Å². The molecule has 1 fully saturated rings. The lowest BCUT2D eigenvalue weighted by molar-refractivity contribution is -0.114. The minimum atomic E-state index is -0.225. The van der Waals surface area contributed by atoms with Crippen molar-refractivity contribution >= 4 is 54.6 Å². The summed E-state index contributed by atoms with van der Waals surface area (Å²) >= 11 is 0. The average Bonchev–Trinajstić information content (AvgIpc) is 2.48. The van der Waals surface area contributed by atoms with Crippen LogP contribution in [0.1, 0.15) is 12.8 Å². The van der Waals surface area contributed by atoms with Gasteiger partial charge in [0, 0.05) is 19.1 Å². The molecule has 0 unspecified atom stereocenters. The van der Waals surface area contributed by atoms with E-state index in [0.717, 1.165) is 18.8 Å². The summed E-state index contributed by atoms with van der Waals surface area (Å²) in [5.74, 6) is 0.324. The van der Waals surface area contributed by atoms with Crippen LogP contribution in [0.5, 0.6) is 0 Å². The number of anilines is 2. The van der Waals surface area contributed by atoms with Crippen molar-refractivity contribution in [2.24, 2.45) is 5.73 Å². The highest BCUT2D eigenvalue weighted by atomic mass is 35.5. The number of carbonyl (C=O) groups excluding carboxylic acids is 1. The van der Waals surface area contributed by atoms with Crippen LogP contribution in [0.4, 0.5) is 11.5 Å². The van der Waals surface area contributed by atoms with E-state index in [1.807, 2.05) is 18.3 Å². The Bertz CT molecular complexity index is 450. The monoisotopic (exact) mass is 385 g/mol. The van der Waals surface area contributed by atoms with Gasteiger partial charge in [-0.1, -0.05) is 0 Å². The number of halogens is 3. The van der Waals surface area contributed by atoms with Gasteiger partial charge in [0.15, 0.2) is 0 Å². The van der Waals surface area contributed by atoms with E-state index in [4.69, 9.17) is 5.73 Å². The minimum absolute atomic E-state index is 0. The maximum absolute atomic E-state index is 11.2. The van der Waals surface area contributed by atoms with Crippen LogP contribution in [0.25, 0.3) is 0 Å². The van der Waals surface area contributed by atoms with Crippen LogP contribution in [0.15, 0.2) is 18.3 Å². The van der Waals surface area contributed by atoms with Crippen molar-refractivity contribution in [3.8, 4) is 0 Å². The van der Waals surface area contributed by atoms with Gasteiger partial charge in [-0.15, -0.1) is 37.2 Å². The molecule has 1 aromatic rings. The zero-order valence-corrected chi connectivity index (χ0v) is 15.8. The van der Waals surface area contributed by atoms with Crippen molar-refractivity contribution in [1.82, 2.24) is 9.88 Å². The molecule has 6 nitrogen and oxygen atoms in total. The Morgan fingerprint density at radius 2 is 1.91 bits per heavy atom. The third-order valence-electron chi connectivity index (χ3n) is 3.76. The number of hydrogen-bond acceptors (Lipinski definition) is 5. The van der Waals surface area contributed by atoms with Crippen LogP contribution in [0, 0.1) is 0 Å². The first kappa shape index (κ1) is 24.5. The highest BCUT2D eigenvalue weighted by Gasteiger charge is 2.20. The minimum Gasteiger partial charge on any atom is -0.370 e. The highest BCUT2D eigenvalue weighted by Crippen LogP contribution is 2.21. The summed E-state index contributed by atoms with van der Waals surface area (Å²) in [5, 5.41) is 2.64. The van der Waals surface area contributed by atoms with Crippen LogP contribution in [0.3, 0.4) is 0 Å². The molecule has 0 atom stereocenters.